The first-order valence-electron chi connectivity index (χ1n) is 12.0. The molecule has 184 valence electrons. The van der Waals surface area contributed by atoms with Gasteiger partial charge in [-0.1, -0.05) is 48.5 Å². The van der Waals surface area contributed by atoms with Crippen LogP contribution in [0.25, 0.3) is 11.1 Å². The molecular formula is C29H27FN2O4. The van der Waals surface area contributed by atoms with Gasteiger partial charge in [0.2, 0.25) is 5.91 Å². The Hall–Kier alpha value is -4.00. The van der Waals surface area contributed by atoms with Gasteiger partial charge in [0.1, 0.15) is 11.4 Å². The lowest BCUT2D eigenvalue weighted by atomic mass is 9.74. The van der Waals surface area contributed by atoms with Crippen LogP contribution in [-0.4, -0.2) is 39.9 Å². The number of halogens is 1. The number of amides is 2. The molecule has 0 fully saturated rings. The third-order valence-corrected chi connectivity index (χ3v) is 7.70. The molecular weight excluding hydrogens is 459 g/mol. The van der Waals surface area contributed by atoms with Gasteiger partial charge < -0.3 is 10.4 Å². The number of nitrogens with zero attached hydrogens (tertiary/aromatic N) is 1. The van der Waals surface area contributed by atoms with E-state index in [1.54, 1.807) is 13.8 Å². The van der Waals surface area contributed by atoms with E-state index in [4.69, 9.17) is 0 Å². The first-order chi connectivity index (χ1) is 17.1. The molecule has 0 saturated carbocycles. The first kappa shape index (κ1) is 23.7. The highest BCUT2D eigenvalue weighted by atomic mass is 19.1. The minimum Gasteiger partial charge on any atom is -0.465 e. The molecule has 0 heterocycles. The van der Waals surface area contributed by atoms with E-state index in [0.29, 0.717) is 17.5 Å². The molecule has 0 bridgehead atoms. The van der Waals surface area contributed by atoms with Crippen LogP contribution in [0.2, 0.25) is 0 Å². The molecule has 1 atom stereocenters. The normalized spacial score (nSPS) is 18.3. The number of rotatable bonds is 4. The van der Waals surface area contributed by atoms with Crippen molar-refractivity contribution in [2.45, 2.75) is 45.1 Å². The number of carbonyl (C=O) groups is 3. The maximum Gasteiger partial charge on any atom is 0.408 e. The summed E-state index contributed by atoms with van der Waals surface area (Å²) in [4.78, 5) is 39.8. The smallest absolute Gasteiger partial charge is 0.408 e. The number of carboxylic acid groups (broad SMARTS) is 1. The Morgan fingerprint density at radius 1 is 1.11 bits per heavy atom. The Labute approximate surface area is 208 Å². The summed E-state index contributed by atoms with van der Waals surface area (Å²) in [6, 6.07) is 17.0. The second-order valence-electron chi connectivity index (χ2n) is 9.79. The van der Waals surface area contributed by atoms with Crippen LogP contribution in [0.1, 0.15) is 58.8 Å². The Balaban J connectivity index is 1.59. The van der Waals surface area contributed by atoms with Crippen LogP contribution in [0.4, 0.5) is 14.9 Å². The number of hydrogen-bond donors (Lipinski definition) is 2. The van der Waals surface area contributed by atoms with Crippen molar-refractivity contribution in [1.29, 1.82) is 0 Å². The zero-order valence-electron chi connectivity index (χ0n) is 20.4. The van der Waals surface area contributed by atoms with Crippen LogP contribution in [-0.2, 0) is 11.2 Å². The molecule has 36 heavy (non-hydrogen) atoms. The summed E-state index contributed by atoms with van der Waals surface area (Å²) in [5.41, 5.74) is 3.92. The van der Waals surface area contributed by atoms with Crippen molar-refractivity contribution in [2.24, 2.45) is 0 Å². The highest BCUT2D eigenvalue weighted by molar-refractivity contribution is 6.12. The van der Waals surface area contributed by atoms with Crippen molar-refractivity contribution in [3.05, 3.63) is 88.2 Å². The van der Waals surface area contributed by atoms with Gasteiger partial charge in [-0.2, -0.15) is 0 Å². The predicted molar refractivity (Wildman–Crippen MR) is 135 cm³/mol. The van der Waals surface area contributed by atoms with Crippen molar-refractivity contribution in [3.63, 3.8) is 0 Å². The van der Waals surface area contributed by atoms with Crippen molar-refractivity contribution in [3.8, 4) is 11.1 Å². The lowest BCUT2D eigenvalue weighted by Crippen LogP contribution is -2.58. The maximum absolute atomic E-state index is 14.6. The Kier molecular flexibility index (Phi) is 5.66. The predicted octanol–water partition coefficient (Wildman–Crippen LogP) is 5.77. The van der Waals surface area contributed by atoms with Crippen molar-refractivity contribution >= 4 is 23.5 Å². The standard InChI is InChI=1S/C29H27FN2O4/c1-16-18-12-13-29(3,27(34)26(18)25(14-24(16)30)31-17(2)33)32(28(35)36)15-23-21-10-6-4-8-19(21)20-9-5-7-11-22(20)23/h4-11,14,23H,12-13,15H2,1-3H3,(H,31,33)(H,35,36). The van der Waals surface area contributed by atoms with Crippen LogP contribution in [0.3, 0.4) is 0 Å². The summed E-state index contributed by atoms with van der Waals surface area (Å²) < 4.78 is 14.6. The highest BCUT2D eigenvalue weighted by Gasteiger charge is 2.48. The van der Waals surface area contributed by atoms with Gasteiger partial charge >= 0.3 is 6.09 Å². The highest BCUT2D eigenvalue weighted by Crippen LogP contribution is 2.47. The van der Waals surface area contributed by atoms with Gasteiger partial charge in [-0.3, -0.25) is 14.5 Å². The molecule has 6 nitrogen and oxygen atoms in total. The van der Waals surface area contributed by atoms with Crippen LogP contribution in [0, 0.1) is 12.7 Å². The van der Waals surface area contributed by atoms with Gasteiger partial charge in [0.05, 0.1) is 5.69 Å². The van der Waals surface area contributed by atoms with Crippen molar-refractivity contribution < 1.29 is 23.9 Å². The van der Waals surface area contributed by atoms with E-state index < -0.39 is 29.1 Å². The molecule has 2 aliphatic rings. The van der Waals surface area contributed by atoms with E-state index in [0.717, 1.165) is 28.3 Å². The third kappa shape index (κ3) is 3.58. The van der Waals surface area contributed by atoms with Crippen molar-refractivity contribution in [1.82, 2.24) is 4.90 Å². The number of anilines is 1. The number of Topliss-reactive ketones (excluding diaryl/α,β-unsaturated/α-hetero) is 1. The monoisotopic (exact) mass is 486 g/mol. The Bertz CT molecular complexity index is 1390. The molecule has 0 aliphatic heterocycles. The van der Waals surface area contributed by atoms with Crippen LogP contribution in [0.5, 0.6) is 0 Å². The van der Waals surface area contributed by atoms with Gasteiger partial charge in [0, 0.05) is 24.9 Å². The molecule has 0 aromatic heterocycles. The summed E-state index contributed by atoms with van der Waals surface area (Å²) >= 11 is 0. The molecule has 2 amide bonds. The van der Waals surface area contributed by atoms with E-state index in [1.807, 2.05) is 48.5 Å². The van der Waals surface area contributed by atoms with E-state index in [1.165, 1.54) is 11.8 Å². The fraction of sp³-hybridized carbons (Fsp3) is 0.276. The summed E-state index contributed by atoms with van der Waals surface area (Å²) in [5, 5.41) is 12.9. The molecule has 0 saturated heterocycles. The molecule has 5 rings (SSSR count). The number of carbonyl (C=O) groups excluding carboxylic acids is 2. The molecule has 0 spiro atoms. The van der Waals surface area contributed by atoms with E-state index in [-0.39, 0.29) is 30.1 Å². The average Bonchev–Trinajstić information content (AvgIpc) is 3.15. The van der Waals surface area contributed by atoms with E-state index in [2.05, 4.69) is 5.32 Å². The molecule has 2 N–H and O–H groups in total. The van der Waals surface area contributed by atoms with E-state index >= 15 is 0 Å². The van der Waals surface area contributed by atoms with Gasteiger partial charge in [0.15, 0.2) is 5.78 Å². The molecule has 3 aromatic carbocycles. The average molecular weight is 487 g/mol. The van der Waals surface area contributed by atoms with Crippen LogP contribution in [0.15, 0.2) is 54.6 Å². The summed E-state index contributed by atoms with van der Waals surface area (Å²) in [6.45, 7) is 4.62. The Morgan fingerprint density at radius 2 is 1.69 bits per heavy atom. The topological polar surface area (TPSA) is 86.7 Å². The molecule has 1 unspecified atom stereocenters. The number of ketones is 1. The maximum atomic E-state index is 14.6. The quantitative estimate of drug-likeness (QED) is 0.490. The van der Waals surface area contributed by atoms with E-state index in [9.17, 15) is 23.9 Å². The van der Waals surface area contributed by atoms with Crippen LogP contribution < -0.4 is 5.32 Å². The summed E-state index contributed by atoms with van der Waals surface area (Å²) in [5.74, 6) is -1.61. The Morgan fingerprint density at radius 3 is 2.25 bits per heavy atom. The third-order valence-electron chi connectivity index (χ3n) is 7.70. The molecule has 2 aliphatic carbocycles. The first-order valence-corrected chi connectivity index (χ1v) is 12.0. The molecule has 3 aromatic rings. The second-order valence-corrected chi connectivity index (χ2v) is 9.79. The second kappa shape index (κ2) is 8.59. The SMILES string of the molecule is CC(=O)Nc1cc(F)c(C)c2c1C(=O)C(C)(N(CC1c3ccccc3-c3ccccc31)C(=O)O)CC2. The minimum atomic E-state index is -1.39. The number of hydrogen-bond acceptors (Lipinski definition) is 3. The number of nitrogens with one attached hydrogen (secondary N) is 1. The van der Waals surface area contributed by atoms with Crippen LogP contribution >= 0.6 is 0 Å². The van der Waals surface area contributed by atoms with Crippen molar-refractivity contribution in [2.75, 3.05) is 11.9 Å². The van der Waals surface area contributed by atoms with Gasteiger partial charge in [0.25, 0.3) is 0 Å². The minimum absolute atomic E-state index is 0.0819. The van der Waals surface area contributed by atoms with Gasteiger partial charge in [-0.05, 0) is 66.1 Å². The zero-order valence-corrected chi connectivity index (χ0v) is 20.4. The summed E-state index contributed by atoms with van der Waals surface area (Å²) in [7, 11) is 0. The number of fused-ring (bicyclic) bond motifs is 4. The fourth-order valence-corrected chi connectivity index (χ4v) is 5.80. The molecule has 0 radical (unpaired) electrons. The lowest BCUT2D eigenvalue weighted by Gasteiger charge is -2.43. The van der Waals surface area contributed by atoms with Gasteiger partial charge in [-0.25, -0.2) is 9.18 Å². The largest absolute Gasteiger partial charge is 0.465 e. The summed E-state index contributed by atoms with van der Waals surface area (Å²) in [6.07, 6.45) is -0.670. The number of benzene rings is 3. The molecule has 7 heteroatoms. The lowest BCUT2D eigenvalue weighted by molar-refractivity contribution is -0.114. The fourth-order valence-electron chi connectivity index (χ4n) is 5.80. The van der Waals surface area contributed by atoms with Gasteiger partial charge in [-0.15, -0.1) is 0 Å². The zero-order chi connectivity index (χ0) is 25.8.